The van der Waals surface area contributed by atoms with Crippen LogP contribution < -0.4 is 10.1 Å². The number of anilines is 1. The predicted octanol–water partition coefficient (Wildman–Crippen LogP) is 5.91. The van der Waals surface area contributed by atoms with Crippen molar-refractivity contribution in [3.63, 3.8) is 0 Å². The number of ether oxygens (including phenoxy) is 1. The maximum absolute atomic E-state index is 13.0. The molecule has 5 nitrogen and oxygen atoms in total. The van der Waals surface area contributed by atoms with E-state index in [1.165, 1.54) is 6.07 Å². The second-order valence-electron chi connectivity index (χ2n) is 7.44. The van der Waals surface area contributed by atoms with Crippen LogP contribution >= 0.6 is 0 Å². The van der Waals surface area contributed by atoms with Gasteiger partial charge >= 0.3 is 6.61 Å². The van der Waals surface area contributed by atoms with Crippen molar-refractivity contribution in [2.75, 3.05) is 5.32 Å². The number of aryl methyl sites for hydroxylation is 1. The molecule has 0 fully saturated rings. The van der Waals surface area contributed by atoms with Gasteiger partial charge in [0.2, 0.25) is 5.95 Å². The molecule has 0 radical (unpaired) electrons. The van der Waals surface area contributed by atoms with E-state index in [-0.39, 0.29) is 5.75 Å². The lowest BCUT2D eigenvalue weighted by Crippen LogP contribution is -2.21. The van der Waals surface area contributed by atoms with E-state index in [9.17, 15) is 8.78 Å². The van der Waals surface area contributed by atoms with E-state index < -0.39 is 12.7 Å². The molecule has 0 spiro atoms. The number of fused-ring (bicyclic) bond motifs is 1. The first-order valence-electron chi connectivity index (χ1n) is 10.2. The highest BCUT2D eigenvalue weighted by atomic mass is 19.3. The Balaban J connectivity index is 1.55. The van der Waals surface area contributed by atoms with Gasteiger partial charge in [0.05, 0.1) is 0 Å². The molecule has 32 heavy (non-hydrogen) atoms. The van der Waals surface area contributed by atoms with Crippen LogP contribution in [0.4, 0.5) is 14.7 Å². The van der Waals surface area contributed by atoms with Gasteiger partial charge in [0.25, 0.3) is 0 Å². The molecule has 0 unspecified atom stereocenters. The van der Waals surface area contributed by atoms with Gasteiger partial charge < -0.3 is 10.1 Å². The zero-order valence-corrected chi connectivity index (χ0v) is 17.2. The zero-order chi connectivity index (χ0) is 22.1. The Morgan fingerprint density at radius 2 is 1.53 bits per heavy atom. The van der Waals surface area contributed by atoms with Crippen molar-refractivity contribution in [2.45, 2.75) is 19.6 Å². The minimum atomic E-state index is -2.91. The number of para-hydroxylation sites is 1. The summed E-state index contributed by atoms with van der Waals surface area (Å²) in [6, 6.07) is 24.6. The van der Waals surface area contributed by atoms with Crippen molar-refractivity contribution >= 4 is 11.6 Å². The maximum Gasteiger partial charge on any atom is 0.387 e. The normalized spacial score (nSPS) is 15.1. The molecule has 2 heterocycles. The number of nitrogens with one attached hydrogen (secondary N) is 1. The predicted molar refractivity (Wildman–Crippen MR) is 119 cm³/mol. The summed E-state index contributed by atoms with van der Waals surface area (Å²) >= 11 is 0. The Morgan fingerprint density at radius 1 is 0.875 bits per heavy atom. The van der Waals surface area contributed by atoms with Gasteiger partial charge in [-0.25, -0.2) is 4.68 Å². The Kier molecular flexibility index (Phi) is 5.15. The second-order valence-corrected chi connectivity index (χ2v) is 7.44. The van der Waals surface area contributed by atoms with Crippen LogP contribution in [0, 0.1) is 6.92 Å². The lowest BCUT2D eigenvalue weighted by Gasteiger charge is -2.25. The number of halogens is 2. The van der Waals surface area contributed by atoms with Gasteiger partial charge in [-0.2, -0.15) is 18.9 Å². The fourth-order valence-electron chi connectivity index (χ4n) is 3.89. The molecule has 1 aliphatic heterocycles. The quantitative estimate of drug-likeness (QED) is 0.428. The molecule has 0 saturated carbocycles. The number of benzene rings is 3. The third-order valence-corrected chi connectivity index (χ3v) is 5.33. The summed E-state index contributed by atoms with van der Waals surface area (Å²) in [5.41, 5.74) is 4.60. The molecule has 0 aliphatic carbocycles. The number of hydrogen-bond acceptors (Lipinski definition) is 4. The molecule has 3 aromatic carbocycles. The standard InChI is InChI=1S/C25H20F2N4O/c1-16-28-25-29-21(19-13-11-18(12-14-19)17-7-3-2-4-8-17)15-22(31(25)30-16)20-9-5-6-10-23(20)32-24(26)27/h2-15,22,24H,1H3,(H,28,29,30)/t22-/m0/s1. The second kappa shape index (κ2) is 8.26. The molecule has 7 heteroatoms. The smallest absolute Gasteiger partial charge is 0.387 e. The van der Waals surface area contributed by atoms with Crippen molar-refractivity contribution in [2.24, 2.45) is 0 Å². The van der Waals surface area contributed by atoms with Crippen LogP contribution in [-0.2, 0) is 0 Å². The molecular weight excluding hydrogens is 410 g/mol. The summed E-state index contributed by atoms with van der Waals surface area (Å²) in [4.78, 5) is 4.47. The summed E-state index contributed by atoms with van der Waals surface area (Å²) in [5, 5.41) is 7.78. The highest BCUT2D eigenvalue weighted by molar-refractivity contribution is 5.78. The summed E-state index contributed by atoms with van der Waals surface area (Å²) < 4.78 is 32.5. The summed E-state index contributed by atoms with van der Waals surface area (Å²) in [6.07, 6.45) is 1.95. The number of nitrogens with zero attached hydrogens (tertiary/aromatic N) is 3. The number of rotatable bonds is 5. The zero-order valence-electron chi connectivity index (χ0n) is 17.2. The molecule has 5 rings (SSSR count). The van der Waals surface area contributed by atoms with Gasteiger partial charge in [0.1, 0.15) is 17.6 Å². The van der Waals surface area contributed by atoms with Crippen LogP contribution in [0.25, 0.3) is 16.8 Å². The first-order chi connectivity index (χ1) is 15.6. The average molecular weight is 430 g/mol. The van der Waals surface area contributed by atoms with E-state index in [1.54, 1.807) is 29.8 Å². The first-order valence-corrected chi connectivity index (χ1v) is 10.2. The van der Waals surface area contributed by atoms with Crippen LogP contribution in [0.3, 0.4) is 0 Å². The molecule has 1 aliphatic rings. The van der Waals surface area contributed by atoms with Crippen LogP contribution in [0.1, 0.15) is 23.0 Å². The molecule has 1 atom stereocenters. The molecule has 160 valence electrons. The number of aromatic nitrogens is 3. The van der Waals surface area contributed by atoms with Crippen LogP contribution in [-0.4, -0.2) is 21.4 Å². The molecule has 1 N–H and O–H groups in total. The molecule has 0 saturated heterocycles. The fourth-order valence-corrected chi connectivity index (χ4v) is 3.89. The molecule has 0 amide bonds. The van der Waals surface area contributed by atoms with E-state index in [1.807, 2.05) is 36.4 Å². The van der Waals surface area contributed by atoms with E-state index in [0.29, 0.717) is 17.3 Å². The first kappa shape index (κ1) is 19.9. The largest absolute Gasteiger partial charge is 0.434 e. The van der Waals surface area contributed by atoms with Crippen LogP contribution in [0.2, 0.25) is 0 Å². The van der Waals surface area contributed by atoms with E-state index in [0.717, 1.165) is 22.4 Å². The SMILES string of the molecule is Cc1nc2n(n1)[C@H](c1ccccc1OC(F)F)C=C(c1ccc(-c3ccccc3)cc1)N2. The molecule has 4 aromatic rings. The average Bonchev–Trinajstić information content (AvgIpc) is 3.19. The van der Waals surface area contributed by atoms with Gasteiger partial charge in [-0.15, -0.1) is 0 Å². The minimum Gasteiger partial charge on any atom is -0.434 e. The van der Waals surface area contributed by atoms with Crippen LogP contribution in [0.15, 0.2) is 84.9 Å². The van der Waals surface area contributed by atoms with Crippen molar-refractivity contribution in [3.05, 3.63) is 102 Å². The molecule has 1 aromatic heterocycles. The highest BCUT2D eigenvalue weighted by Gasteiger charge is 2.27. The molecular formula is C25H20F2N4O. The Morgan fingerprint density at radius 3 is 2.28 bits per heavy atom. The topological polar surface area (TPSA) is 52.0 Å². The van der Waals surface area contributed by atoms with Crippen LogP contribution in [0.5, 0.6) is 5.75 Å². The van der Waals surface area contributed by atoms with Gasteiger partial charge in [-0.05, 0) is 35.8 Å². The summed E-state index contributed by atoms with van der Waals surface area (Å²) in [7, 11) is 0. The van der Waals surface area contributed by atoms with Gasteiger partial charge in [-0.1, -0.05) is 72.8 Å². The highest BCUT2D eigenvalue weighted by Crippen LogP contribution is 2.37. The monoisotopic (exact) mass is 430 g/mol. The van der Waals surface area contributed by atoms with Crippen molar-refractivity contribution in [3.8, 4) is 16.9 Å². The third kappa shape index (κ3) is 3.85. The number of allylic oxidation sites excluding steroid dienone is 1. The Bertz CT molecular complexity index is 1270. The van der Waals surface area contributed by atoms with Gasteiger partial charge in [-0.3, -0.25) is 0 Å². The lowest BCUT2D eigenvalue weighted by molar-refractivity contribution is -0.0506. The Labute approximate surface area is 184 Å². The minimum absolute atomic E-state index is 0.114. The van der Waals surface area contributed by atoms with Crippen molar-refractivity contribution in [1.82, 2.24) is 14.8 Å². The molecule has 0 bridgehead atoms. The fraction of sp³-hybridized carbons (Fsp3) is 0.120. The number of hydrogen-bond donors (Lipinski definition) is 1. The van der Waals surface area contributed by atoms with Gasteiger partial charge in [0.15, 0.2) is 0 Å². The van der Waals surface area contributed by atoms with E-state index in [4.69, 9.17) is 4.74 Å². The van der Waals surface area contributed by atoms with Crippen molar-refractivity contribution < 1.29 is 13.5 Å². The third-order valence-electron chi connectivity index (χ3n) is 5.33. The van der Waals surface area contributed by atoms with E-state index >= 15 is 0 Å². The van der Waals surface area contributed by atoms with Gasteiger partial charge in [0, 0.05) is 11.3 Å². The number of alkyl halides is 2. The maximum atomic E-state index is 13.0. The summed E-state index contributed by atoms with van der Waals surface area (Å²) in [6.45, 7) is -1.12. The van der Waals surface area contributed by atoms with E-state index in [2.05, 4.69) is 39.7 Å². The Hall–Kier alpha value is -4.00. The van der Waals surface area contributed by atoms with Crippen molar-refractivity contribution in [1.29, 1.82) is 0 Å². The lowest BCUT2D eigenvalue weighted by atomic mass is 9.99. The summed E-state index contributed by atoms with van der Waals surface area (Å²) in [5.74, 6) is 1.24.